The van der Waals surface area contributed by atoms with Gasteiger partial charge in [-0.1, -0.05) is 6.07 Å². The van der Waals surface area contributed by atoms with Crippen molar-refractivity contribution in [3.05, 3.63) is 23.8 Å². The first-order valence-electron chi connectivity index (χ1n) is 7.26. The molecule has 0 saturated heterocycles. The predicted octanol–water partition coefficient (Wildman–Crippen LogP) is 1.82. The van der Waals surface area contributed by atoms with Crippen LogP contribution >= 0.6 is 0 Å². The lowest BCUT2D eigenvalue weighted by Crippen LogP contribution is -2.50. The van der Waals surface area contributed by atoms with Crippen molar-refractivity contribution in [2.24, 2.45) is 11.7 Å². The molecule has 1 saturated carbocycles. The van der Waals surface area contributed by atoms with Gasteiger partial charge < -0.3 is 20.7 Å². The maximum Gasteiger partial charge on any atom is 0.244 e. The molecule has 116 valence electrons. The molecule has 0 aromatic heterocycles. The quantitative estimate of drug-likeness (QED) is 0.839. The monoisotopic (exact) mass is 291 g/mol. The van der Waals surface area contributed by atoms with E-state index in [-0.39, 0.29) is 11.8 Å². The highest BCUT2D eigenvalue weighted by molar-refractivity contribution is 5.99. The van der Waals surface area contributed by atoms with Crippen molar-refractivity contribution in [2.75, 3.05) is 26.5 Å². The molecule has 5 heteroatoms. The Hall–Kier alpha value is -1.59. The van der Waals surface area contributed by atoms with Gasteiger partial charge in [-0.3, -0.25) is 4.79 Å². The second-order valence-electron chi connectivity index (χ2n) is 6.28. The molecule has 1 aromatic carbocycles. The molecule has 0 bridgehead atoms. The Morgan fingerprint density at radius 2 is 2.14 bits per heavy atom. The maximum atomic E-state index is 12.4. The van der Waals surface area contributed by atoms with E-state index in [0.717, 1.165) is 24.9 Å². The fraction of sp³-hybridized carbons (Fsp3) is 0.562. The van der Waals surface area contributed by atoms with E-state index in [0.29, 0.717) is 11.4 Å². The summed E-state index contributed by atoms with van der Waals surface area (Å²) in [6.45, 7) is 2.60. The van der Waals surface area contributed by atoms with Gasteiger partial charge in [0.15, 0.2) is 0 Å². The minimum absolute atomic E-state index is 0.148. The van der Waals surface area contributed by atoms with Gasteiger partial charge in [0.05, 0.1) is 18.3 Å². The van der Waals surface area contributed by atoms with E-state index in [1.54, 1.807) is 14.0 Å². The molecule has 1 fully saturated rings. The standard InChI is InChI=1S/C16H25N3O2/c1-16(17,12-6-7-12)15(20)18-13-9-11(10-19(2)3)5-8-14(13)21-4/h5,8-9,12H,6-7,10,17H2,1-4H3,(H,18,20). The van der Waals surface area contributed by atoms with Gasteiger partial charge in [-0.2, -0.15) is 0 Å². The Kier molecular flexibility index (Phi) is 4.54. The van der Waals surface area contributed by atoms with Gasteiger partial charge in [0, 0.05) is 6.54 Å². The van der Waals surface area contributed by atoms with E-state index in [9.17, 15) is 4.79 Å². The lowest BCUT2D eigenvalue weighted by Gasteiger charge is -2.24. The lowest BCUT2D eigenvalue weighted by molar-refractivity contribution is -0.121. The number of ether oxygens (including phenoxy) is 1. The minimum Gasteiger partial charge on any atom is -0.495 e. The van der Waals surface area contributed by atoms with Crippen LogP contribution in [0.1, 0.15) is 25.3 Å². The number of benzene rings is 1. The van der Waals surface area contributed by atoms with Crippen LogP contribution in [0.3, 0.4) is 0 Å². The van der Waals surface area contributed by atoms with Crippen LogP contribution in [0.2, 0.25) is 0 Å². The lowest BCUT2D eigenvalue weighted by atomic mass is 9.96. The van der Waals surface area contributed by atoms with Crippen LogP contribution in [0.25, 0.3) is 0 Å². The first-order chi connectivity index (χ1) is 9.84. The third kappa shape index (κ3) is 3.74. The molecule has 1 aliphatic rings. The molecule has 0 heterocycles. The molecule has 0 spiro atoms. The minimum atomic E-state index is -0.817. The fourth-order valence-corrected chi connectivity index (χ4v) is 2.44. The highest BCUT2D eigenvalue weighted by atomic mass is 16.5. The second-order valence-corrected chi connectivity index (χ2v) is 6.28. The zero-order valence-electron chi connectivity index (χ0n) is 13.3. The van der Waals surface area contributed by atoms with Crippen molar-refractivity contribution in [3.63, 3.8) is 0 Å². The molecule has 1 atom stereocenters. The Morgan fingerprint density at radius 3 is 2.67 bits per heavy atom. The summed E-state index contributed by atoms with van der Waals surface area (Å²) in [4.78, 5) is 14.5. The van der Waals surface area contributed by atoms with E-state index in [2.05, 4.69) is 10.2 Å². The van der Waals surface area contributed by atoms with Gasteiger partial charge >= 0.3 is 0 Å². The fourth-order valence-electron chi connectivity index (χ4n) is 2.44. The van der Waals surface area contributed by atoms with Gasteiger partial charge in [-0.15, -0.1) is 0 Å². The molecule has 21 heavy (non-hydrogen) atoms. The molecule has 1 unspecified atom stereocenters. The first kappa shape index (κ1) is 15.8. The molecule has 0 radical (unpaired) electrons. The predicted molar refractivity (Wildman–Crippen MR) is 84.3 cm³/mol. The zero-order valence-corrected chi connectivity index (χ0v) is 13.3. The van der Waals surface area contributed by atoms with Crippen molar-refractivity contribution < 1.29 is 9.53 Å². The van der Waals surface area contributed by atoms with E-state index in [1.807, 2.05) is 32.3 Å². The summed E-state index contributed by atoms with van der Waals surface area (Å²) in [6.07, 6.45) is 2.05. The molecule has 5 nitrogen and oxygen atoms in total. The highest BCUT2D eigenvalue weighted by Gasteiger charge is 2.44. The average molecular weight is 291 g/mol. The van der Waals surface area contributed by atoms with E-state index in [1.165, 1.54) is 0 Å². The number of carbonyl (C=O) groups excluding carboxylic acids is 1. The Bertz CT molecular complexity index is 522. The second kappa shape index (κ2) is 6.03. The van der Waals surface area contributed by atoms with Crippen LogP contribution in [0.15, 0.2) is 18.2 Å². The molecule has 0 aliphatic heterocycles. The Morgan fingerprint density at radius 1 is 1.48 bits per heavy atom. The van der Waals surface area contributed by atoms with Crippen LogP contribution in [0, 0.1) is 5.92 Å². The van der Waals surface area contributed by atoms with Crippen molar-refractivity contribution >= 4 is 11.6 Å². The summed E-state index contributed by atoms with van der Waals surface area (Å²) < 4.78 is 5.33. The number of nitrogens with zero attached hydrogens (tertiary/aromatic N) is 1. The molecular weight excluding hydrogens is 266 g/mol. The number of methoxy groups -OCH3 is 1. The van der Waals surface area contributed by atoms with Crippen LogP contribution < -0.4 is 15.8 Å². The van der Waals surface area contributed by atoms with Crippen molar-refractivity contribution in [3.8, 4) is 5.75 Å². The molecule has 2 rings (SSSR count). The number of amides is 1. The molecule has 3 N–H and O–H groups in total. The smallest absolute Gasteiger partial charge is 0.244 e. The maximum absolute atomic E-state index is 12.4. The van der Waals surface area contributed by atoms with Crippen molar-refractivity contribution in [2.45, 2.75) is 31.8 Å². The molecular formula is C16H25N3O2. The van der Waals surface area contributed by atoms with Gasteiger partial charge in [0.1, 0.15) is 5.75 Å². The number of hydrogen-bond donors (Lipinski definition) is 2. The van der Waals surface area contributed by atoms with Crippen molar-refractivity contribution in [1.82, 2.24) is 4.90 Å². The zero-order chi connectivity index (χ0) is 15.6. The topological polar surface area (TPSA) is 67.6 Å². The number of nitrogens with two attached hydrogens (primary N) is 1. The first-order valence-corrected chi connectivity index (χ1v) is 7.26. The van der Waals surface area contributed by atoms with Crippen LogP contribution in [0.4, 0.5) is 5.69 Å². The van der Waals surface area contributed by atoms with Crippen LogP contribution in [-0.4, -0.2) is 37.6 Å². The summed E-state index contributed by atoms with van der Waals surface area (Å²) in [6, 6.07) is 5.82. The van der Waals surface area contributed by atoms with Gasteiger partial charge in [-0.05, 0) is 57.5 Å². The Labute approximate surface area is 126 Å². The third-order valence-corrected chi connectivity index (χ3v) is 3.93. The molecule has 1 amide bonds. The number of carbonyl (C=O) groups is 1. The number of rotatable bonds is 6. The SMILES string of the molecule is COc1ccc(CN(C)C)cc1NC(=O)C(C)(N)C1CC1. The third-order valence-electron chi connectivity index (χ3n) is 3.93. The average Bonchev–Trinajstić information content (AvgIpc) is 3.22. The van der Waals surface area contributed by atoms with E-state index >= 15 is 0 Å². The number of nitrogens with one attached hydrogen (secondary N) is 1. The van der Waals surface area contributed by atoms with Gasteiger partial charge in [0.25, 0.3) is 0 Å². The number of hydrogen-bond acceptors (Lipinski definition) is 4. The molecule has 1 aliphatic carbocycles. The normalized spacial score (nSPS) is 17.4. The van der Waals surface area contributed by atoms with Gasteiger partial charge in [0.2, 0.25) is 5.91 Å². The summed E-state index contributed by atoms with van der Waals surface area (Å²) in [5, 5.41) is 2.93. The summed E-state index contributed by atoms with van der Waals surface area (Å²) in [7, 11) is 5.61. The summed E-state index contributed by atoms with van der Waals surface area (Å²) in [5.74, 6) is 0.788. The van der Waals surface area contributed by atoms with Crippen molar-refractivity contribution in [1.29, 1.82) is 0 Å². The van der Waals surface area contributed by atoms with Crippen LogP contribution in [0.5, 0.6) is 5.75 Å². The van der Waals surface area contributed by atoms with Crippen LogP contribution in [-0.2, 0) is 11.3 Å². The number of anilines is 1. The largest absolute Gasteiger partial charge is 0.495 e. The molecule has 1 aromatic rings. The van der Waals surface area contributed by atoms with E-state index in [4.69, 9.17) is 10.5 Å². The van der Waals surface area contributed by atoms with E-state index < -0.39 is 5.54 Å². The summed E-state index contributed by atoms with van der Waals surface area (Å²) in [5.41, 5.74) is 7.14. The van der Waals surface area contributed by atoms with Gasteiger partial charge in [-0.25, -0.2) is 0 Å². The highest BCUT2D eigenvalue weighted by Crippen LogP contribution is 2.39. The summed E-state index contributed by atoms with van der Waals surface area (Å²) >= 11 is 0. The Balaban J connectivity index is 2.18.